The molecule has 0 radical (unpaired) electrons. The number of aliphatic hydroxyl groups is 8. The van der Waals surface area contributed by atoms with Gasteiger partial charge in [0.05, 0.1) is 32.0 Å². The van der Waals surface area contributed by atoms with Gasteiger partial charge in [-0.05, 0) is 12.8 Å². The Morgan fingerprint density at radius 2 is 0.722 bits per heavy atom. The smallest absolute Gasteiger partial charge is 0.220 e. The van der Waals surface area contributed by atoms with Crippen LogP contribution in [0.5, 0.6) is 0 Å². The number of hydrogen-bond acceptors (Lipinski definition) is 13. The van der Waals surface area contributed by atoms with Crippen molar-refractivity contribution >= 4 is 5.91 Å². The summed E-state index contributed by atoms with van der Waals surface area (Å²) in [6.07, 6.45) is 42.9. The molecule has 79 heavy (non-hydrogen) atoms. The average molecular weight is 1130 g/mol. The largest absolute Gasteiger partial charge is 0.394 e. The standard InChI is InChI=1S/C65H127NO13/c1-3-5-7-9-11-13-15-17-18-19-20-21-22-23-24-25-26-27-28-29-30-31-32-33-34-35-36-37-38-40-42-44-46-48-54(69)53(66-57(70)49-47-45-43-41-39-16-14-12-10-8-6-4-2)52-76-64-62(75)60(73)63(56(51-68)78-64)79-65-61(74)59(72)58(71)55(50-67)77-65/h53-56,58-65,67-69,71-75H,3-52H2,1-2H3,(H,66,70). The van der Waals surface area contributed by atoms with Gasteiger partial charge in [-0.2, -0.15) is 0 Å². The molecule has 2 aliphatic rings. The van der Waals surface area contributed by atoms with Crippen LogP contribution in [0.2, 0.25) is 0 Å². The van der Waals surface area contributed by atoms with Crippen molar-refractivity contribution in [3.05, 3.63) is 0 Å². The fraction of sp³-hybridized carbons (Fsp3) is 0.985. The van der Waals surface area contributed by atoms with Gasteiger partial charge in [0.25, 0.3) is 0 Å². The summed E-state index contributed by atoms with van der Waals surface area (Å²) in [5.74, 6) is -0.202. The molecule has 14 nitrogen and oxygen atoms in total. The van der Waals surface area contributed by atoms with Crippen molar-refractivity contribution in [2.24, 2.45) is 0 Å². The molecule has 0 saturated carbocycles. The minimum atomic E-state index is -1.78. The Balaban J connectivity index is 1.60. The van der Waals surface area contributed by atoms with Gasteiger partial charge < -0.3 is 65.1 Å². The van der Waals surface area contributed by atoms with E-state index in [1.807, 2.05) is 0 Å². The van der Waals surface area contributed by atoms with Crippen LogP contribution < -0.4 is 5.32 Å². The monoisotopic (exact) mass is 1130 g/mol. The maximum absolute atomic E-state index is 13.2. The van der Waals surface area contributed by atoms with Crippen molar-refractivity contribution in [2.75, 3.05) is 19.8 Å². The quantitative estimate of drug-likeness (QED) is 0.0259. The van der Waals surface area contributed by atoms with Crippen LogP contribution in [0.1, 0.15) is 316 Å². The molecule has 0 aromatic heterocycles. The van der Waals surface area contributed by atoms with Gasteiger partial charge in [-0.3, -0.25) is 4.79 Å². The average Bonchev–Trinajstić information content (AvgIpc) is 3.54. The predicted molar refractivity (Wildman–Crippen MR) is 319 cm³/mol. The Morgan fingerprint density at radius 1 is 0.405 bits per heavy atom. The molecule has 12 atom stereocenters. The predicted octanol–water partition coefficient (Wildman–Crippen LogP) is 12.8. The van der Waals surface area contributed by atoms with Crippen molar-refractivity contribution < 1.29 is 64.6 Å². The van der Waals surface area contributed by atoms with E-state index in [0.717, 1.165) is 51.4 Å². The molecular formula is C65H127NO13. The number of unbranched alkanes of at least 4 members (excludes halogenated alkanes) is 43. The van der Waals surface area contributed by atoms with E-state index in [0.29, 0.717) is 12.8 Å². The fourth-order valence-corrected chi connectivity index (χ4v) is 11.7. The van der Waals surface area contributed by atoms with Gasteiger partial charge in [-0.15, -0.1) is 0 Å². The molecule has 0 aromatic carbocycles. The lowest BCUT2D eigenvalue weighted by Crippen LogP contribution is -2.65. The number of aliphatic hydroxyl groups excluding tert-OH is 8. The molecule has 2 aliphatic heterocycles. The van der Waals surface area contributed by atoms with Gasteiger partial charge in [0, 0.05) is 6.42 Å². The first kappa shape index (κ1) is 74.1. The molecule has 0 aliphatic carbocycles. The molecule has 2 saturated heterocycles. The third kappa shape index (κ3) is 36.4. The van der Waals surface area contributed by atoms with Crippen LogP contribution in [0, 0.1) is 0 Å². The molecule has 2 fully saturated rings. The van der Waals surface area contributed by atoms with E-state index < -0.39 is 86.8 Å². The normalized spacial score (nSPS) is 24.3. The third-order valence-electron chi connectivity index (χ3n) is 17.1. The maximum Gasteiger partial charge on any atom is 0.220 e. The van der Waals surface area contributed by atoms with Crippen molar-refractivity contribution in [2.45, 2.75) is 389 Å². The molecule has 470 valence electrons. The van der Waals surface area contributed by atoms with Crippen molar-refractivity contribution in [1.29, 1.82) is 0 Å². The Kier molecular flexibility index (Phi) is 48.2. The molecule has 0 aromatic rings. The highest BCUT2D eigenvalue weighted by Crippen LogP contribution is 2.30. The number of carbonyl (C=O) groups excluding carboxylic acids is 1. The van der Waals surface area contributed by atoms with Crippen LogP contribution in [0.25, 0.3) is 0 Å². The van der Waals surface area contributed by atoms with E-state index >= 15 is 0 Å². The van der Waals surface area contributed by atoms with E-state index in [4.69, 9.17) is 18.9 Å². The number of carbonyl (C=O) groups is 1. The molecular weight excluding hydrogens is 1000 g/mol. The van der Waals surface area contributed by atoms with Gasteiger partial charge in [0.2, 0.25) is 5.91 Å². The first-order valence-electron chi connectivity index (χ1n) is 33.8. The lowest BCUT2D eigenvalue weighted by atomic mass is 9.97. The summed E-state index contributed by atoms with van der Waals surface area (Å²) >= 11 is 0. The number of nitrogens with one attached hydrogen (secondary N) is 1. The SMILES string of the molecule is CCCCCCCCCCCCCCCCCCCCCCCCCCCCCCCCCCCC(O)C(COC1OC(CO)C(OC2OC(CO)C(O)C(O)C2O)C(O)C1O)NC(=O)CCCCCCCCCCCCCC. The molecule has 14 heteroatoms. The van der Waals surface area contributed by atoms with E-state index in [1.165, 1.54) is 238 Å². The van der Waals surface area contributed by atoms with Crippen LogP contribution in [-0.4, -0.2) is 140 Å². The second-order valence-corrected chi connectivity index (χ2v) is 24.3. The van der Waals surface area contributed by atoms with Crippen molar-refractivity contribution in [3.63, 3.8) is 0 Å². The summed E-state index contributed by atoms with van der Waals surface area (Å²) in [6, 6.07) is -0.822. The zero-order valence-corrected chi connectivity index (χ0v) is 50.9. The molecule has 12 unspecified atom stereocenters. The van der Waals surface area contributed by atoms with Gasteiger partial charge in [-0.1, -0.05) is 296 Å². The van der Waals surface area contributed by atoms with Crippen LogP contribution in [0.4, 0.5) is 0 Å². The first-order chi connectivity index (χ1) is 38.6. The zero-order chi connectivity index (χ0) is 57.4. The van der Waals surface area contributed by atoms with E-state index in [2.05, 4.69) is 19.2 Å². The molecule has 2 rings (SSSR count). The van der Waals surface area contributed by atoms with Crippen LogP contribution in [0.3, 0.4) is 0 Å². The van der Waals surface area contributed by atoms with E-state index in [-0.39, 0.29) is 12.5 Å². The molecule has 0 spiro atoms. The Bertz CT molecular complexity index is 1330. The minimum Gasteiger partial charge on any atom is -0.394 e. The molecule has 2 heterocycles. The third-order valence-corrected chi connectivity index (χ3v) is 17.1. The van der Waals surface area contributed by atoms with Gasteiger partial charge in [-0.25, -0.2) is 0 Å². The van der Waals surface area contributed by atoms with Crippen molar-refractivity contribution in [3.8, 4) is 0 Å². The van der Waals surface area contributed by atoms with Crippen LogP contribution >= 0.6 is 0 Å². The highest BCUT2D eigenvalue weighted by Gasteiger charge is 2.51. The summed E-state index contributed by atoms with van der Waals surface area (Å²) in [5, 5.41) is 87.3. The Labute approximate surface area is 483 Å². The number of hydrogen-bond donors (Lipinski definition) is 9. The highest BCUT2D eigenvalue weighted by molar-refractivity contribution is 5.76. The van der Waals surface area contributed by atoms with Gasteiger partial charge >= 0.3 is 0 Å². The topological polar surface area (TPSA) is 228 Å². The zero-order valence-electron chi connectivity index (χ0n) is 50.9. The molecule has 9 N–H and O–H groups in total. The fourth-order valence-electron chi connectivity index (χ4n) is 11.7. The van der Waals surface area contributed by atoms with Gasteiger partial charge in [0.1, 0.15) is 48.8 Å². The summed E-state index contributed by atoms with van der Waals surface area (Å²) < 4.78 is 22.9. The Hall–Kier alpha value is -1.01. The van der Waals surface area contributed by atoms with E-state index in [1.54, 1.807) is 0 Å². The van der Waals surface area contributed by atoms with E-state index in [9.17, 15) is 45.6 Å². The summed E-state index contributed by atoms with van der Waals surface area (Å²) in [7, 11) is 0. The number of ether oxygens (including phenoxy) is 4. The highest BCUT2D eigenvalue weighted by atomic mass is 16.7. The van der Waals surface area contributed by atoms with Crippen LogP contribution in [0.15, 0.2) is 0 Å². The summed E-state index contributed by atoms with van der Waals surface area (Å²) in [6.45, 7) is 2.90. The second kappa shape index (κ2) is 51.4. The minimum absolute atomic E-state index is 0.202. The summed E-state index contributed by atoms with van der Waals surface area (Å²) in [5.41, 5.74) is 0. The lowest BCUT2D eigenvalue weighted by molar-refractivity contribution is -0.359. The van der Waals surface area contributed by atoms with Gasteiger partial charge in [0.15, 0.2) is 12.6 Å². The molecule has 0 bridgehead atoms. The number of rotatable bonds is 56. The maximum atomic E-state index is 13.2. The lowest BCUT2D eigenvalue weighted by Gasteiger charge is -2.46. The second-order valence-electron chi connectivity index (χ2n) is 24.3. The van der Waals surface area contributed by atoms with Crippen LogP contribution in [-0.2, 0) is 23.7 Å². The summed E-state index contributed by atoms with van der Waals surface area (Å²) in [4.78, 5) is 13.2. The first-order valence-corrected chi connectivity index (χ1v) is 33.8. The van der Waals surface area contributed by atoms with Crippen molar-refractivity contribution in [1.82, 2.24) is 5.32 Å². The number of amides is 1. The Morgan fingerprint density at radius 3 is 1.08 bits per heavy atom. The molecule has 1 amide bonds.